The molecule has 0 saturated carbocycles. The van der Waals surface area contributed by atoms with E-state index in [0.717, 1.165) is 17.0 Å². The van der Waals surface area contributed by atoms with Gasteiger partial charge in [0.1, 0.15) is 12.1 Å². The number of rotatable bonds is 18. The molecule has 0 aromatic heterocycles. The number of anilines is 1. The fraction of sp³-hybridized carbons (Fsp3) is 0.533. The van der Waals surface area contributed by atoms with Crippen LogP contribution >= 0.6 is 0 Å². The van der Waals surface area contributed by atoms with E-state index >= 15 is 0 Å². The predicted molar refractivity (Wildman–Crippen MR) is 162 cm³/mol. The van der Waals surface area contributed by atoms with Crippen molar-refractivity contribution in [3.05, 3.63) is 42.0 Å². The van der Waals surface area contributed by atoms with Crippen molar-refractivity contribution in [3.63, 3.8) is 0 Å². The normalized spacial score (nSPS) is 14.1. The van der Waals surface area contributed by atoms with E-state index in [1.807, 2.05) is 31.1 Å². The van der Waals surface area contributed by atoms with Crippen LogP contribution in [0.25, 0.3) is 0 Å². The van der Waals surface area contributed by atoms with E-state index in [1.54, 1.807) is 26.0 Å². The Balaban J connectivity index is 1.94. The molecule has 2 atom stereocenters. The van der Waals surface area contributed by atoms with E-state index in [-0.39, 0.29) is 43.0 Å². The van der Waals surface area contributed by atoms with Crippen molar-refractivity contribution in [1.82, 2.24) is 25.8 Å². The van der Waals surface area contributed by atoms with Gasteiger partial charge < -0.3 is 31.9 Å². The number of hydrogen-bond donors (Lipinski definition) is 5. The third kappa shape index (κ3) is 12.6. The smallest absolute Gasteiger partial charge is 0.312 e. The Morgan fingerprint density at radius 2 is 1.53 bits per heavy atom. The number of carbonyl (C=O) groups is 6. The Kier molecular flexibility index (Phi) is 14.3. The number of hydrogen-bond acceptors (Lipinski definition) is 7. The molecule has 0 unspecified atom stereocenters. The van der Waals surface area contributed by atoms with Gasteiger partial charge in [-0.05, 0) is 63.4 Å². The summed E-state index contributed by atoms with van der Waals surface area (Å²) in [7, 11) is 3.93. The van der Waals surface area contributed by atoms with Gasteiger partial charge in [-0.3, -0.25) is 28.9 Å². The van der Waals surface area contributed by atoms with Crippen LogP contribution in [0, 0.1) is 5.92 Å². The number of imide groups is 1. The van der Waals surface area contributed by atoms with Crippen molar-refractivity contribution in [2.75, 3.05) is 32.5 Å². The van der Waals surface area contributed by atoms with Gasteiger partial charge in [0.15, 0.2) is 0 Å². The van der Waals surface area contributed by atoms with Crippen LogP contribution in [0.4, 0.5) is 10.5 Å². The van der Waals surface area contributed by atoms with Gasteiger partial charge in [0, 0.05) is 43.9 Å². The number of carbonyl (C=O) groups excluding carboxylic acids is 6. The molecule has 0 saturated heterocycles. The van der Waals surface area contributed by atoms with E-state index in [9.17, 15) is 28.8 Å². The summed E-state index contributed by atoms with van der Waals surface area (Å²) in [5.74, 6) is -2.15. The summed E-state index contributed by atoms with van der Waals surface area (Å²) in [4.78, 5) is 76.6. The van der Waals surface area contributed by atoms with Crippen LogP contribution in [-0.4, -0.2) is 84.6 Å². The van der Waals surface area contributed by atoms with Gasteiger partial charge in [0.05, 0.1) is 0 Å². The van der Waals surface area contributed by atoms with Crippen molar-refractivity contribution >= 4 is 41.3 Å². The first-order valence-corrected chi connectivity index (χ1v) is 14.6. The minimum atomic E-state index is -0.924. The lowest BCUT2D eigenvalue weighted by Crippen LogP contribution is -2.54. The number of urea groups is 1. The lowest BCUT2D eigenvalue weighted by Gasteiger charge is -2.25. The van der Waals surface area contributed by atoms with E-state index < -0.39 is 29.9 Å². The molecule has 43 heavy (non-hydrogen) atoms. The fourth-order valence-corrected chi connectivity index (χ4v) is 4.50. The molecular weight excluding hydrogens is 554 g/mol. The highest BCUT2D eigenvalue weighted by atomic mass is 16.2. The maximum atomic E-state index is 13.3. The fourth-order valence-electron chi connectivity index (χ4n) is 4.50. The maximum Gasteiger partial charge on any atom is 0.312 e. The Morgan fingerprint density at radius 1 is 0.884 bits per heavy atom. The number of primary amides is 1. The Hall–Kier alpha value is -4.26. The van der Waals surface area contributed by atoms with Gasteiger partial charge in [-0.15, -0.1) is 0 Å². The zero-order valence-corrected chi connectivity index (χ0v) is 25.5. The van der Waals surface area contributed by atoms with Crippen LogP contribution < -0.4 is 27.0 Å². The minimum Gasteiger partial charge on any atom is -0.352 e. The van der Waals surface area contributed by atoms with Crippen molar-refractivity contribution in [3.8, 4) is 0 Å². The van der Waals surface area contributed by atoms with Crippen LogP contribution in [0.3, 0.4) is 0 Å². The van der Waals surface area contributed by atoms with E-state index in [1.165, 1.54) is 12.2 Å². The summed E-state index contributed by atoms with van der Waals surface area (Å²) in [5.41, 5.74) is 6.78. The molecule has 1 aliphatic heterocycles. The van der Waals surface area contributed by atoms with Crippen LogP contribution in [-0.2, 0) is 30.5 Å². The van der Waals surface area contributed by atoms with Crippen LogP contribution in [0.15, 0.2) is 36.4 Å². The molecule has 2 rings (SSSR count). The van der Waals surface area contributed by atoms with Gasteiger partial charge in [-0.25, -0.2) is 4.79 Å². The molecule has 7 amide bonds. The Bertz CT molecular complexity index is 1150. The molecule has 13 heteroatoms. The number of nitrogens with two attached hydrogens (primary N) is 1. The van der Waals surface area contributed by atoms with Crippen molar-refractivity contribution < 1.29 is 28.8 Å². The predicted octanol–water partition coefficient (Wildman–Crippen LogP) is 1.25. The molecule has 0 bridgehead atoms. The second kappa shape index (κ2) is 17.6. The molecule has 0 fully saturated rings. The zero-order valence-electron chi connectivity index (χ0n) is 25.5. The molecule has 236 valence electrons. The van der Waals surface area contributed by atoms with Crippen molar-refractivity contribution in [2.24, 2.45) is 11.7 Å². The lowest BCUT2D eigenvalue weighted by molar-refractivity contribution is -0.137. The molecule has 1 heterocycles. The quantitative estimate of drug-likeness (QED) is 0.124. The number of amides is 7. The van der Waals surface area contributed by atoms with Crippen molar-refractivity contribution in [2.45, 2.75) is 71.0 Å². The Morgan fingerprint density at radius 3 is 2.12 bits per heavy atom. The average Bonchev–Trinajstić information content (AvgIpc) is 3.25. The van der Waals surface area contributed by atoms with Crippen molar-refractivity contribution in [1.29, 1.82) is 0 Å². The van der Waals surface area contributed by atoms with Crippen LogP contribution in [0.2, 0.25) is 0 Å². The molecule has 0 radical (unpaired) electrons. The number of nitrogens with zero attached hydrogens (tertiary/aromatic N) is 2. The highest BCUT2D eigenvalue weighted by Crippen LogP contribution is 2.13. The average molecular weight is 600 g/mol. The first kappa shape index (κ1) is 34.9. The number of nitrogens with one attached hydrogen (secondary N) is 4. The minimum absolute atomic E-state index is 0.170. The SMILES string of the molecule is CC(C)[C@H](NC(=O)CCCCCN1C(=O)C=CC1=O)C(=O)N[C@@H](CCCNC(N)=O)C(=O)Nc1ccc(CN(C)C)cc1. The van der Waals surface area contributed by atoms with E-state index in [0.29, 0.717) is 37.9 Å². The third-order valence-electron chi connectivity index (χ3n) is 6.77. The second-order valence-corrected chi connectivity index (χ2v) is 11.2. The molecule has 0 spiro atoms. The lowest BCUT2D eigenvalue weighted by atomic mass is 10.0. The standard InChI is InChI=1S/C30H45N7O6/c1-20(2)27(35-24(38)10-6-5-7-18-37-25(39)15-16-26(37)40)29(42)34-23(9-8-17-32-30(31)43)28(41)33-22-13-11-21(12-14-22)19-36(3)4/h11-16,20,23,27H,5-10,17-19H2,1-4H3,(H,33,41)(H,34,42)(H,35,38)(H3,31,32,43)/t23-,27-/m0/s1. The van der Waals surface area contributed by atoms with Gasteiger partial charge >= 0.3 is 6.03 Å². The molecule has 13 nitrogen and oxygen atoms in total. The maximum absolute atomic E-state index is 13.3. The van der Waals surface area contributed by atoms with Gasteiger partial charge in [0.2, 0.25) is 17.7 Å². The molecule has 1 aromatic carbocycles. The summed E-state index contributed by atoms with van der Waals surface area (Å²) < 4.78 is 0. The topological polar surface area (TPSA) is 183 Å². The Labute approximate surface area is 253 Å². The summed E-state index contributed by atoms with van der Waals surface area (Å²) in [5, 5.41) is 10.9. The molecule has 0 aliphatic carbocycles. The summed E-state index contributed by atoms with van der Waals surface area (Å²) in [6, 6.07) is 4.92. The summed E-state index contributed by atoms with van der Waals surface area (Å²) in [6.45, 7) is 4.87. The third-order valence-corrected chi connectivity index (χ3v) is 6.77. The number of unbranched alkanes of at least 4 members (excludes halogenated alkanes) is 2. The molecule has 1 aromatic rings. The molecule has 1 aliphatic rings. The van der Waals surface area contributed by atoms with Gasteiger partial charge in [0.25, 0.3) is 11.8 Å². The highest BCUT2D eigenvalue weighted by molar-refractivity contribution is 6.12. The highest BCUT2D eigenvalue weighted by Gasteiger charge is 2.29. The monoisotopic (exact) mass is 599 g/mol. The van der Waals surface area contributed by atoms with Gasteiger partial charge in [-0.1, -0.05) is 32.4 Å². The summed E-state index contributed by atoms with van der Waals surface area (Å²) >= 11 is 0. The van der Waals surface area contributed by atoms with Crippen LogP contribution in [0.1, 0.15) is 57.9 Å². The number of benzene rings is 1. The molecular formula is C30H45N7O6. The van der Waals surface area contributed by atoms with Crippen LogP contribution in [0.5, 0.6) is 0 Å². The van der Waals surface area contributed by atoms with E-state index in [2.05, 4.69) is 21.3 Å². The second-order valence-electron chi connectivity index (χ2n) is 11.2. The van der Waals surface area contributed by atoms with Gasteiger partial charge in [-0.2, -0.15) is 0 Å². The first-order chi connectivity index (χ1) is 20.4. The largest absolute Gasteiger partial charge is 0.352 e. The first-order valence-electron chi connectivity index (χ1n) is 14.6. The van der Waals surface area contributed by atoms with E-state index in [4.69, 9.17) is 5.73 Å². The molecule has 6 N–H and O–H groups in total. The summed E-state index contributed by atoms with van der Waals surface area (Å²) in [6.07, 6.45) is 4.97. The zero-order chi connectivity index (χ0) is 31.9.